The minimum Gasteiger partial charge on any atom is -0.390 e. The molecule has 0 aromatic heterocycles. The quantitative estimate of drug-likeness (QED) is 0.140. The number of carbonyl (C=O) groups is 3. The van der Waals surface area contributed by atoms with Gasteiger partial charge in [0, 0.05) is 32.1 Å². The predicted molar refractivity (Wildman–Crippen MR) is 196 cm³/mol. The molecule has 3 atom stereocenters. The highest BCUT2D eigenvalue weighted by Gasteiger charge is 2.35. The summed E-state index contributed by atoms with van der Waals surface area (Å²) in [5.74, 6) is -4.00. The van der Waals surface area contributed by atoms with Crippen molar-refractivity contribution in [3.63, 3.8) is 0 Å². The summed E-state index contributed by atoms with van der Waals surface area (Å²) in [7, 11) is -3.90. The molecule has 0 spiro atoms. The number of nitrogens with zero attached hydrogens (tertiary/aromatic N) is 1. The van der Waals surface area contributed by atoms with Gasteiger partial charge in [0.2, 0.25) is 17.7 Å². The summed E-state index contributed by atoms with van der Waals surface area (Å²) in [5.41, 5.74) is 2.27. The molecular formula is C35H48F2N4O6S3. The second kappa shape index (κ2) is 20.2. The largest absolute Gasteiger partial charge is 0.390 e. The highest BCUT2D eigenvalue weighted by molar-refractivity contribution is 8.23. The van der Waals surface area contributed by atoms with Gasteiger partial charge in [-0.15, -0.1) is 0 Å². The smallest absolute Gasteiger partial charge is 0.243 e. The van der Waals surface area contributed by atoms with Gasteiger partial charge in [-0.1, -0.05) is 81.9 Å². The molecule has 1 fully saturated rings. The Morgan fingerprint density at radius 3 is 2.26 bits per heavy atom. The summed E-state index contributed by atoms with van der Waals surface area (Å²) >= 11 is 6.36. The van der Waals surface area contributed by atoms with Crippen LogP contribution in [-0.4, -0.2) is 88.5 Å². The summed E-state index contributed by atoms with van der Waals surface area (Å²) in [5, 5.41) is 18.9. The Hall–Kier alpha value is -2.98. The van der Waals surface area contributed by atoms with Crippen LogP contribution in [0.2, 0.25) is 0 Å². The minimum absolute atomic E-state index is 0.0225. The Bertz CT molecular complexity index is 1550. The van der Waals surface area contributed by atoms with Crippen LogP contribution in [0.15, 0.2) is 42.5 Å². The molecule has 2 aromatic carbocycles. The lowest BCUT2D eigenvalue weighted by molar-refractivity contribution is -0.130. The Kier molecular flexibility index (Phi) is 16.7. The van der Waals surface area contributed by atoms with Crippen molar-refractivity contribution in [2.24, 2.45) is 0 Å². The number of thiocarbonyl (C=S) groups is 1. The topological polar surface area (TPSA) is 145 Å². The van der Waals surface area contributed by atoms with Gasteiger partial charge >= 0.3 is 0 Å². The summed E-state index contributed by atoms with van der Waals surface area (Å²) in [6, 6.07) is 8.09. The lowest BCUT2D eigenvalue weighted by Crippen LogP contribution is -2.57. The zero-order valence-corrected chi connectivity index (χ0v) is 31.2. The minimum atomic E-state index is -3.90. The second-order valence-electron chi connectivity index (χ2n) is 12.5. The van der Waals surface area contributed by atoms with Crippen LogP contribution >= 0.6 is 24.0 Å². The molecule has 10 nitrogen and oxygen atoms in total. The van der Waals surface area contributed by atoms with Crippen LogP contribution < -0.4 is 16.0 Å². The van der Waals surface area contributed by atoms with Crippen LogP contribution in [0.4, 0.5) is 8.78 Å². The van der Waals surface area contributed by atoms with E-state index in [2.05, 4.69) is 16.0 Å². The van der Waals surface area contributed by atoms with Crippen molar-refractivity contribution in [1.29, 1.82) is 0 Å². The van der Waals surface area contributed by atoms with Crippen LogP contribution in [0.25, 0.3) is 0 Å². The van der Waals surface area contributed by atoms with E-state index in [1.807, 2.05) is 45.0 Å². The molecule has 0 aliphatic carbocycles. The maximum Gasteiger partial charge on any atom is 0.243 e. The highest BCUT2D eigenvalue weighted by atomic mass is 32.2. The molecular weight excluding hydrogens is 707 g/mol. The second-order valence-corrected chi connectivity index (χ2v) is 16.4. The van der Waals surface area contributed by atoms with E-state index in [9.17, 15) is 36.7 Å². The zero-order valence-electron chi connectivity index (χ0n) is 28.8. The lowest BCUT2D eigenvalue weighted by atomic mass is 10.00. The predicted octanol–water partition coefficient (Wildman–Crippen LogP) is 3.82. The summed E-state index contributed by atoms with van der Waals surface area (Å²) in [6.07, 6.45) is 1.10. The maximum absolute atomic E-state index is 14.1. The zero-order chi connectivity index (χ0) is 36.8. The standard InChI is InChI=1S/C35H48F2N4O6S3/c1-4-8-28(9-5-2)50(46,47)22-30(39-32(43)12-13-41-33(44)21-49-35(41)48)34(45)40-29(17-25-15-26(36)18-27(37)16-25)31(42)20-38-19-24-11-7-10-23(6-3)14-24/h7,10-11,14-16,18,28-31,38,42H,4-6,8-9,12-13,17,19-22H2,1-3H3,(H,39,43)(H,40,45)/t29-,30?,31?/m0/s1. The fourth-order valence-electron chi connectivity index (χ4n) is 5.79. The maximum atomic E-state index is 14.1. The summed E-state index contributed by atoms with van der Waals surface area (Å²) in [6.45, 7) is 6.10. The van der Waals surface area contributed by atoms with Crippen LogP contribution in [0, 0.1) is 11.6 Å². The van der Waals surface area contributed by atoms with Crippen LogP contribution in [-0.2, 0) is 43.6 Å². The van der Waals surface area contributed by atoms with Crippen molar-refractivity contribution < 1.29 is 36.7 Å². The number of rotatable bonds is 21. The van der Waals surface area contributed by atoms with Crippen molar-refractivity contribution in [3.8, 4) is 0 Å². The fourth-order valence-corrected chi connectivity index (χ4v) is 9.07. The molecule has 1 saturated heterocycles. The molecule has 4 N–H and O–H groups in total. The van der Waals surface area contributed by atoms with Crippen molar-refractivity contribution in [2.75, 3.05) is 24.6 Å². The normalized spacial score (nSPS) is 15.3. The molecule has 1 heterocycles. The Labute approximate surface area is 303 Å². The van der Waals surface area contributed by atoms with Crippen molar-refractivity contribution in [1.82, 2.24) is 20.9 Å². The number of amides is 3. The molecule has 0 saturated carbocycles. The number of thioether (sulfide) groups is 1. The number of hydrogen-bond acceptors (Lipinski definition) is 9. The number of benzene rings is 2. The molecule has 276 valence electrons. The van der Waals surface area contributed by atoms with E-state index >= 15 is 0 Å². The first-order chi connectivity index (χ1) is 23.8. The number of hydrogen-bond donors (Lipinski definition) is 4. The van der Waals surface area contributed by atoms with E-state index in [0.29, 0.717) is 42.6 Å². The highest BCUT2D eigenvalue weighted by Crippen LogP contribution is 2.20. The molecule has 2 aromatic rings. The van der Waals surface area contributed by atoms with Crippen LogP contribution in [0.5, 0.6) is 0 Å². The monoisotopic (exact) mass is 754 g/mol. The van der Waals surface area contributed by atoms with Gasteiger partial charge < -0.3 is 21.1 Å². The molecule has 1 aliphatic heterocycles. The average Bonchev–Trinajstić information content (AvgIpc) is 3.38. The average molecular weight is 755 g/mol. The van der Waals surface area contributed by atoms with Crippen molar-refractivity contribution in [2.45, 2.75) is 95.7 Å². The Morgan fingerprint density at radius 1 is 1.00 bits per heavy atom. The fraction of sp³-hybridized carbons (Fsp3) is 0.543. The first kappa shape index (κ1) is 41.4. The SMILES string of the molecule is CCCC(CCC)S(=O)(=O)CC(NC(=O)CCN1C(=O)CSC1=S)C(=O)N[C@@H](Cc1cc(F)cc(F)c1)C(O)CNCc1cccc(CC)c1. The third-order valence-electron chi connectivity index (χ3n) is 8.44. The molecule has 50 heavy (non-hydrogen) atoms. The number of sulfone groups is 1. The Morgan fingerprint density at radius 2 is 1.66 bits per heavy atom. The number of nitrogens with one attached hydrogen (secondary N) is 3. The van der Waals surface area contributed by atoms with Gasteiger partial charge in [-0.2, -0.15) is 0 Å². The van der Waals surface area contributed by atoms with E-state index in [0.717, 1.165) is 29.7 Å². The number of carbonyl (C=O) groups excluding carboxylic acids is 3. The molecule has 2 unspecified atom stereocenters. The molecule has 0 bridgehead atoms. The van der Waals surface area contributed by atoms with Crippen LogP contribution in [0.1, 0.15) is 69.6 Å². The number of aliphatic hydroxyl groups excluding tert-OH is 1. The van der Waals surface area contributed by atoms with Gasteiger partial charge in [-0.25, -0.2) is 17.2 Å². The van der Waals surface area contributed by atoms with Crippen LogP contribution in [0.3, 0.4) is 0 Å². The van der Waals surface area contributed by atoms with Gasteiger partial charge in [0.25, 0.3) is 0 Å². The third-order valence-corrected chi connectivity index (χ3v) is 12.2. The summed E-state index contributed by atoms with van der Waals surface area (Å²) in [4.78, 5) is 40.5. The first-order valence-electron chi connectivity index (χ1n) is 17.0. The molecule has 0 radical (unpaired) electrons. The number of halogens is 2. The molecule has 3 amide bonds. The van der Waals surface area contributed by atoms with E-state index in [1.165, 1.54) is 16.7 Å². The van der Waals surface area contributed by atoms with E-state index < -0.39 is 62.5 Å². The van der Waals surface area contributed by atoms with Gasteiger partial charge in [-0.3, -0.25) is 19.3 Å². The number of aryl methyl sites for hydroxylation is 1. The molecule has 1 aliphatic rings. The summed E-state index contributed by atoms with van der Waals surface area (Å²) < 4.78 is 55.8. The Balaban J connectivity index is 1.84. The molecule has 3 rings (SSSR count). The van der Waals surface area contributed by atoms with E-state index in [4.69, 9.17) is 12.2 Å². The van der Waals surface area contributed by atoms with E-state index in [-0.39, 0.29) is 43.2 Å². The van der Waals surface area contributed by atoms with Crippen molar-refractivity contribution >= 4 is 55.9 Å². The third kappa shape index (κ3) is 13.0. The van der Waals surface area contributed by atoms with Crippen molar-refractivity contribution in [3.05, 3.63) is 70.8 Å². The van der Waals surface area contributed by atoms with E-state index in [1.54, 1.807) is 0 Å². The molecule has 15 heteroatoms. The van der Waals surface area contributed by atoms with Gasteiger partial charge in [-0.05, 0) is 54.5 Å². The van der Waals surface area contributed by atoms with Gasteiger partial charge in [0.15, 0.2) is 9.84 Å². The number of aliphatic hydroxyl groups is 1. The van der Waals surface area contributed by atoms with Gasteiger partial charge in [0.1, 0.15) is 22.0 Å². The first-order valence-corrected chi connectivity index (χ1v) is 20.1. The lowest BCUT2D eigenvalue weighted by Gasteiger charge is -2.28. The van der Waals surface area contributed by atoms with Gasteiger partial charge in [0.05, 0.1) is 28.9 Å².